The second kappa shape index (κ2) is 5.45. The van der Waals surface area contributed by atoms with Gasteiger partial charge in [-0.2, -0.15) is 0 Å². The van der Waals surface area contributed by atoms with Crippen LogP contribution in [0.2, 0.25) is 0 Å². The average molecular weight is 241 g/mol. The Morgan fingerprint density at radius 2 is 1.71 bits per heavy atom. The fourth-order valence-corrected chi connectivity index (χ4v) is 2.28. The largest absolute Gasteiger partial charge is 0.381 e. The normalized spacial score (nSPS) is 24.6. The summed E-state index contributed by atoms with van der Waals surface area (Å²) in [6.45, 7) is 0. The van der Waals surface area contributed by atoms with E-state index in [0.717, 1.165) is 25.7 Å². The Hall–Kier alpha value is -1.16. The summed E-state index contributed by atoms with van der Waals surface area (Å²) in [4.78, 5) is 0. The number of hydrogen-bond donors (Lipinski definition) is 1. The van der Waals surface area contributed by atoms with Gasteiger partial charge in [-0.3, -0.25) is 0 Å². The SMILES string of the molecule is COC1CCC(Nc2c(F)cccc2F)CC1. The number of benzene rings is 1. The van der Waals surface area contributed by atoms with Crippen LogP contribution in [0.4, 0.5) is 14.5 Å². The Kier molecular flexibility index (Phi) is 3.94. The van der Waals surface area contributed by atoms with Gasteiger partial charge in [0.2, 0.25) is 0 Å². The number of rotatable bonds is 3. The van der Waals surface area contributed by atoms with Crippen LogP contribution in [0.15, 0.2) is 18.2 Å². The highest BCUT2D eigenvalue weighted by Crippen LogP contribution is 2.26. The first-order valence-electron chi connectivity index (χ1n) is 5.94. The number of para-hydroxylation sites is 1. The molecule has 2 nitrogen and oxygen atoms in total. The molecule has 0 unspecified atom stereocenters. The van der Waals surface area contributed by atoms with E-state index in [2.05, 4.69) is 5.32 Å². The summed E-state index contributed by atoms with van der Waals surface area (Å²) in [5.41, 5.74) is -0.00614. The van der Waals surface area contributed by atoms with E-state index in [0.29, 0.717) is 6.10 Å². The van der Waals surface area contributed by atoms with E-state index in [1.165, 1.54) is 18.2 Å². The molecular weight excluding hydrogens is 224 g/mol. The van der Waals surface area contributed by atoms with E-state index in [1.54, 1.807) is 7.11 Å². The predicted molar refractivity (Wildman–Crippen MR) is 63.0 cm³/mol. The second-order valence-corrected chi connectivity index (χ2v) is 4.45. The average Bonchev–Trinajstić information content (AvgIpc) is 2.35. The minimum absolute atomic E-state index is 0.00614. The maximum Gasteiger partial charge on any atom is 0.149 e. The zero-order valence-corrected chi connectivity index (χ0v) is 9.88. The molecule has 0 heterocycles. The maximum absolute atomic E-state index is 13.4. The van der Waals surface area contributed by atoms with E-state index in [4.69, 9.17) is 4.74 Å². The van der Waals surface area contributed by atoms with Gasteiger partial charge in [0.25, 0.3) is 0 Å². The third-order valence-electron chi connectivity index (χ3n) is 3.32. The van der Waals surface area contributed by atoms with Crippen molar-refractivity contribution in [3.63, 3.8) is 0 Å². The molecule has 0 aromatic heterocycles. The van der Waals surface area contributed by atoms with E-state index in [9.17, 15) is 8.78 Å². The molecule has 0 saturated heterocycles. The van der Waals surface area contributed by atoms with Gasteiger partial charge in [0.05, 0.1) is 6.10 Å². The fourth-order valence-electron chi connectivity index (χ4n) is 2.28. The first kappa shape index (κ1) is 12.3. The standard InChI is InChI=1S/C13H17F2NO/c1-17-10-7-5-9(6-8-10)16-13-11(14)3-2-4-12(13)15/h2-4,9-10,16H,5-8H2,1H3. The van der Waals surface area contributed by atoms with Crippen molar-refractivity contribution in [3.8, 4) is 0 Å². The van der Waals surface area contributed by atoms with Gasteiger partial charge in [0.15, 0.2) is 0 Å². The fraction of sp³-hybridized carbons (Fsp3) is 0.538. The zero-order chi connectivity index (χ0) is 12.3. The molecule has 0 amide bonds. The van der Waals surface area contributed by atoms with Gasteiger partial charge >= 0.3 is 0 Å². The molecular formula is C13H17F2NO. The lowest BCUT2D eigenvalue weighted by Gasteiger charge is -2.29. The summed E-state index contributed by atoms with van der Waals surface area (Å²) in [5, 5.41) is 2.96. The summed E-state index contributed by atoms with van der Waals surface area (Å²) >= 11 is 0. The molecule has 1 saturated carbocycles. The Balaban J connectivity index is 1.98. The Morgan fingerprint density at radius 3 is 2.24 bits per heavy atom. The smallest absolute Gasteiger partial charge is 0.149 e. The quantitative estimate of drug-likeness (QED) is 0.876. The van der Waals surface area contributed by atoms with Gasteiger partial charge < -0.3 is 10.1 Å². The number of methoxy groups -OCH3 is 1. The molecule has 1 aromatic carbocycles. The molecule has 2 rings (SSSR count). The molecule has 1 aliphatic carbocycles. The maximum atomic E-state index is 13.4. The molecule has 17 heavy (non-hydrogen) atoms. The van der Waals surface area contributed by atoms with Crippen LogP contribution in [-0.4, -0.2) is 19.3 Å². The van der Waals surface area contributed by atoms with Gasteiger partial charge in [0.1, 0.15) is 17.3 Å². The van der Waals surface area contributed by atoms with E-state index in [1.807, 2.05) is 0 Å². The van der Waals surface area contributed by atoms with Crippen LogP contribution in [-0.2, 0) is 4.74 Å². The number of halogens is 2. The molecule has 0 bridgehead atoms. The molecule has 0 radical (unpaired) electrons. The van der Waals surface area contributed by atoms with Gasteiger partial charge in [-0.15, -0.1) is 0 Å². The molecule has 1 aromatic rings. The lowest BCUT2D eigenvalue weighted by molar-refractivity contribution is 0.0681. The minimum atomic E-state index is -0.529. The molecule has 1 N–H and O–H groups in total. The van der Waals surface area contributed by atoms with Gasteiger partial charge in [-0.1, -0.05) is 6.07 Å². The van der Waals surface area contributed by atoms with Crippen molar-refractivity contribution in [1.82, 2.24) is 0 Å². The van der Waals surface area contributed by atoms with Crippen LogP contribution in [0.5, 0.6) is 0 Å². The molecule has 0 atom stereocenters. The van der Waals surface area contributed by atoms with Crippen molar-refractivity contribution in [3.05, 3.63) is 29.8 Å². The van der Waals surface area contributed by atoms with Crippen molar-refractivity contribution in [2.24, 2.45) is 0 Å². The topological polar surface area (TPSA) is 21.3 Å². The molecule has 94 valence electrons. The van der Waals surface area contributed by atoms with Crippen LogP contribution < -0.4 is 5.32 Å². The van der Waals surface area contributed by atoms with Gasteiger partial charge in [0, 0.05) is 13.2 Å². The number of anilines is 1. The third-order valence-corrected chi connectivity index (χ3v) is 3.32. The zero-order valence-electron chi connectivity index (χ0n) is 9.88. The molecule has 4 heteroatoms. The van der Waals surface area contributed by atoms with Crippen molar-refractivity contribution >= 4 is 5.69 Å². The summed E-state index contributed by atoms with van der Waals surface area (Å²) < 4.78 is 32.1. The Morgan fingerprint density at radius 1 is 1.12 bits per heavy atom. The van der Waals surface area contributed by atoms with Crippen molar-refractivity contribution < 1.29 is 13.5 Å². The molecule has 1 fully saturated rings. The monoisotopic (exact) mass is 241 g/mol. The van der Waals surface area contributed by atoms with Crippen LogP contribution in [0.3, 0.4) is 0 Å². The first-order valence-corrected chi connectivity index (χ1v) is 5.94. The van der Waals surface area contributed by atoms with Crippen LogP contribution >= 0.6 is 0 Å². The van der Waals surface area contributed by atoms with Crippen LogP contribution in [0.25, 0.3) is 0 Å². The molecule has 1 aliphatic rings. The number of hydrogen-bond acceptors (Lipinski definition) is 2. The lowest BCUT2D eigenvalue weighted by Crippen LogP contribution is -2.29. The van der Waals surface area contributed by atoms with Crippen LogP contribution in [0.1, 0.15) is 25.7 Å². The summed E-state index contributed by atoms with van der Waals surface area (Å²) in [5.74, 6) is -1.06. The Labute approximate surface area is 100.0 Å². The third kappa shape index (κ3) is 2.94. The summed E-state index contributed by atoms with van der Waals surface area (Å²) in [6, 6.07) is 4.04. The van der Waals surface area contributed by atoms with Crippen LogP contribution in [0, 0.1) is 11.6 Å². The van der Waals surface area contributed by atoms with Gasteiger partial charge in [-0.25, -0.2) is 8.78 Å². The predicted octanol–water partition coefficient (Wildman–Crippen LogP) is 3.33. The molecule has 0 aliphatic heterocycles. The second-order valence-electron chi connectivity index (χ2n) is 4.45. The summed E-state index contributed by atoms with van der Waals surface area (Å²) in [7, 11) is 1.70. The highest BCUT2D eigenvalue weighted by Gasteiger charge is 2.22. The highest BCUT2D eigenvalue weighted by molar-refractivity contribution is 5.46. The number of nitrogens with one attached hydrogen (secondary N) is 1. The van der Waals surface area contributed by atoms with Gasteiger partial charge in [-0.05, 0) is 37.8 Å². The lowest BCUT2D eigenvalue weighted by atomic mass is 9.93. The minimum Gasteiger partial charge on any atom is -0.381 e. The Bertz CT molecular complexity index is 355. The highest BCUT2D eigenvalue weighted by atomic mass is 19.1. The van der Waals surface area contributed by atoms with E-state index in [-0.39, 0.29) is 11.7 Å². The van der Waals surface area contributed by atoms with Crippen molar-refractivity contribution in [1.29, 1.82) is 0 Å². The first-order chi connectivity index (χ1) is 8.20. The van der Waals surface area contributed by atoms with Crippen molar-refractivity contribution in [2.45, 2.75) is 37.8 Å². The van der Waals surface area contributed by atoms with E-state index >= 15 is 0 Å². The number of ether oxygens (including phenoxy) is 1. The molecule has 0 spiro atoms. The van der Waals surface area contributed by atoms with E-state index < -0.39 is 11.6 Å². The summed E-state index contributed by atoms with van der Waals surface area (Å²) in [6.07, 6.45) is 3.92. The van der Waals surface area contributed by atoms with Crippen molar-refractivity contribution in [2.75, 3.05) is 12.4 Å².